The summed E-state index contributed by atoms with van der Waals surface area (Å²) in [4.78, 5) is 27.6. The fourth-order valence-electron chi connectivity index (χ4n) is 4.58. The largest absolute Gasteiger partial charge is 0.377 e. The van der Waals surface area contributed by atoms with Crippen LogP contribution in [-0.4, -0.2) is 68.3 Å². The van der Waals surface area contributed by atoms with E-state index in [9.17, 15) is 14.0 Å². The number of amides is 2. The molecule has 2 aliphatic rings. The van der Waals surface area contributed by atoms with E-state index in [0.29, 0.717) is 6.42 Å². The summed E-state index contributed by atoms with van der Waals surface area (Å²) in [7, 11) is 3.80. The third kappa shape index (κ3) is 6.50. The van der Waals surface area contributed by atoms with Crippen molar-refractivity contribution < 1.29 is 18.7 Å². The second kappa shape index (κ2) is 11.0. The quantitative estimate of drug-likeness (QED) is 0.628. The lowest BCUT2D eigenvalue weighted by Crippen LogP contribution is -2.55. The first-order valence-electron chi connectivity index (χ1n) is 11.4. The molecule has 0 bridgehead atoms. The maximum atomic E-state index is 14.7. The molecule has 1 saturated carbocycles. The number of carbonyl (C=O) groups excluding carboxylic acids is 2. The number of likely N-dealkylation sites (N-methyl/N-ethyl adjacent to an activating group) is 1. The molecule has 7 heteroatoms. The molecular formula is C24H36FN3O3. The number of alkyl halides is 1. The minimum absolute atomic E-state index is 0.0576. The molecule has 172 valence electrons. The van der Waals surface area contributed by atoms with Crippen LogP contribution in [0.4, 0.5) is 4.39 Å². The highest BCUT2D eigenvalue weighted by atomic mass is 19.1. The zero-order valence-corrected chi connectivity index (χ0v) is 18.7. The van der Waals surface area contributed by atoms with Crippen molar-refractivity contribution in [1.29, 1.82) is 0 Å². The zero-order valence-electron chi connectivity index (χ0n) is 18.7. The molecule has 2 amide bonds. The van der Waals surface area contributed by atoms with Crippen LogP contribution in [0.2, 0.25) is 0 Å². The van der Waals surface area contributed by atoms with E-state index in [0.717, 1.165) is 31.2 Å². The van der Waals surface area contributed by atoms with Gasteiger partial charge in [-0.25, -0.2) is 4.39 Å². The number of hydrogen-bond acceptors (Lipinski definition) is 4. The smallest absolute Gasteiger partial charge is 0.260 e. The minimum atomic E-state index is -1.96. The first kappa shape index (κ1) is 23.7. The molecule has 1 aromatic rings. The molecule has 3 atom stereocenters. The molecule has 2 N–H and O–H groups in total. The van der Waals surface area contributed by atoms with Gasteiger partial charge in [-0.15, -0.1) is 0 Å². The topological polar surface area (TPSA) is 70.7 Å². The van der Waals surface area contributed by atoms with Gasteiger partial charge in [-0.05, 0) is 44.8 Å². The van der Waals surface area contributed by atoms with Crippen LogP contribution in [0.5, 0.6) is 0 Å². The number of hydrogen-bond donors (Lipinski definition) is 2. The molecule has 2 unspecified atom stereocenters. The van der Waals surface area contributed by atoms with Gasteiger partial charge in [0.1, 0.15) is 0 Å². The van der Waals surface area contributed by atoms with E-state index in [-0.39, 0.29) is 50.1 Å². The molecule has 1 aromatic carbocycles. The highest BCUT2D eigenvalue weighted by Gasteiger charge is 2.43. The van der Waals surface area contributed by atoms with E-state index in [2.05, 4.69) is 10.6 Å². The van der Waals surface area contributed by atoms with E-state index < -0.39 is 11.6 Å². The normalized spacial score (nSPS) is 24.0. The lowest BCUT2D eigenvalue weighted by atomic mass is 9.83. The molecule has 2 fully saturated rings. The maximum absolute atomic E-state index is 14.7. The molecule has 31 heavy (non-hydrogen) atoms. The van der Waals surface area contributed by atoms with E-state index in [4.69, 9.17) is 4.74 Å². The minimum Gasteiger partial charge on any atom is -0.377 e. The summed E-state index contributed by atoms with van der Waals surface area (Å²) in [5.41, 5.74) is -0.861. The summed E-state index contributed by atoms with van der Waals surface area (Å²) in [5.74, 6) is -0.403. The Bertz CT molecular complexity index is 716. The Morgan fingerprint density at radius 1 is 1.19 bits per heavy atom. The summed E-state index contributed by atoms with van der Waals surface area (Å²) in [5, 5.41) is 5.96. The second-order valence-corrected chi connectivity index (χ2v) is 9.16. The Morgan fingerprint density at radius 2 is 1.90 bits per heavy atom. The zero-order chi connectivity index (χ0) is 22.3. The standard InChI is InChI=1S/C24H36FN3O3/c1-28(2)21(15-18-9-5-3-6-10-18)22(29)27-20(19-11-7-4-8-12-19)16-26-23(30)24(25)13-14-31-17-24/h3,5-6,9-10,19-21H,4,7-8,11-17H2,1-2H3,(H,26,30)(H,27,29)/t20?,21-,24?/m0/s1. The lowest BCUT2D eigenvalue weighted by Gasteiger charge is -2.34. The van der Waals surface area contributed by atoms with Crippen LogP contribution in [0.25, 0.3) is 0 Å². The summed E-state index contributed by atoms with van der Waals surface area (Å²) >= 11 is 0. The average molecular weight is 434 g/mol. The summed E-state index contributed by atoms with van der Waals surface area (Å²) in [6.45, 7) is 0.308. The van der Waals surface area contributed by atoms with Crippen LogP contribution >= 0.6 is 0 Å². The van der Waals surface area contributed by atoms with Crippen molar-refractivity contribution in [1.82, 2.24) is 15.5 Å². The molecule has 1 heterocycles. The molecular weight excluding hydrogens is 397 g/mol. The van der Waals surface area contributed by atoms with Crippen molar-refractivity contribution in [2.45, 2.75) is 62.7 Å². The first-order chi connectivity index (χ1) is 14.9. The van der Waals surface area contributed by atoms with Gasteiger partial charge in [0.2, 0.25) is 11.6 Å². The summed E-state index contributed by atoms with van der Waals surface area (Å²) < 4.78 is 19.8. The van der Waals surface area contributed by atoms with E-state index >= 15 is 0 Å². The number of rotatable bonds is 9. The Labute approximate surface area is 184 Å². The van der Waals surface area contributed by atoms with Gasteiger partial charge in [0, 0.05) is 19.0 Å². The van der Waals surface area contributed by atoms with Gasteiger partial charge in [0.15, 0.2) is 0 Å². The van der Waals surface area contributed by atoms with Crippen molar-refractivity contribution in [2.24, 2.45) is 5.92 Å². The molecule has 1 aliphatic heterocycles. The van der Waals surface area contributed by atoms with Crippen molar-refractivity contribution in [3.05, 3.63) is 35.9 Å². The van der Waals surface area contributed by atoms with Crippen LogP contribution in [-0.2, 0) is 20.7 Å². The van der Waals surface area contributed by atoms with Gasteiger partial charge >= 0.3 is 0 Å². The van der Waals surface area contributed by atoms with Crippen LogP contribution in [0.1, 0.15) is 44.1 Å². The average Bonchev–Trinajstić information content (AvgIpc) is 3.23. The fourth-order valence-corrected chi connectivity index (χ4v) is 4.58. The Hall–Kier alpha value is -1.99. The third-order valence-electron chi connectivity index (χ3n) is 6.61. The second-order valence-electron chi connectivity index (χ2n) is 9.16. The molecule has 1 aliphatic carbocycles. The number of benzene rings is 1. The number of carbonyl (C=O) groups is 2. The van der Waals surface area contributed by atoms with Gasteiger partial charge in [-0.1, -0.05) is 49.6 Å². The molecule has 6 nitrogen and oxygen atoms in total. The van der Waals surface area contributed by atoms with Gasteiger partial charge in [-0.2, -0.15) is 0 Å². The summed E-state index contributed by atoms with van der Waals surface area (Å²) in [6.07, 6.45) is 6.14. The molecule has 1 saturated heterocycles. The maximum Gasteiger partial charge on any atom is 0.260 e. The van der Waals surface area contributed by atoms with Crippen molar-refractivity contribution >= 4 is 11.8 Å². The van der Waals surface area contributed by atoms with Crippen molar-refractivity contribution in [3.8, 4) is 0 Å². The monoisotopic (exact) mass is 433 g/mol. The number of ether oxygens (including phenoxy) is 1. The number of halogens is 1. The van der Waals surface area contributed by atoms with E-state index in [1.54, 1.807) is 0 Å². The number of nitrogens with one attached hydrogen (secondary N) is 2. The fraction of sp³-hybridized carbons (Fsp3) is 0.667. The van der Waals surface area contributed by atoms with Crippen LogP contribution in [0, 0.1) is 5.92 Å². The Balaban J connectivity index is 1.66. The van der Waals surface area contributed by atoms with Gasteiger partial charge < -0.3 is 15.4 Å². The van der Waals surface area contributed by atoms with Crippen LogP contribution < -0.4 is 10.6 Å². The van der Waals surface area contributed by atoms with Gasteiger partial charge in [-0.3, -0.25) is 14.5 Å². The predicted octanol–water partition coefficient (Wildman–Crippen LogP) is 2.47. The van der Waals surface area contributed by atoms with Gasteiger partial charge in [0.25, 0.3) is 5.91 Å². The molecule has 3 rings (SSSR count). The van der Waals surface area contributed by atoms with E-state index in [1.165, 1.54) is 6.42 Å². The highest BCUT2D eigenvalue weighted by Crippen LogP contribution is 2.27. The molecule has 0 aromatic heterocycles. The van der Waals surface area contributed by atoms with Crippen molar-refractivity contribution in [3.63, 3.8) is 0 Å². The van der Waals surface area contributed by atoms with Crippen molar-refractivity contribution in [2.75, 3.05) is 33.9 Å². The highest BCUT2D eigenvalue weighted by molar-refractivity contribution is 5.86. The van der Waals surface area contributed by atoms with Crippen LogP contribution in [0.15, 0.2) is 30.3 Å². The van der Waals surface area contributed by atoms with Crippen LogP contribution in [0.3, 0.4) is 0 Å². The predicted molar refractivity (Wildman–Crippen MR) is 118 cm³/mol. The molecule has 0 radical (unpaired) electrons. The Morgan fingerprint density at radius 3 is 2.52 bits per heavy atom. The Kier molecular flexibility index (Phi) is 8.43. The summed E-state index contributed by atoms with van der Waals surface area (Å²) in [6, 6.07) is 9.42. The van der Waals surface area contributed by atoms with E-state index in [1.807, 2.05) is 49.3 Å². The third-order valence-corrected chi connectivity index (χ3v) is 6.61. The van der Waals surface area contributed by atoms with Gasteiger partial charge in [0.05, 0.1) is 19.3 Å². The number of nitrogens with zero attached hydrogens (tertiary/aromatic N) is 1. The first-order valence-corrected chi connectivity index (χ1v) is 11.4. The SMILES string of the molecule is CN(C)[C@@H](Cc1ccccc1)C(=O)NC(CNC(=O)C1(F)CCOC1)C1CCCCC1. The molecule has 0 spiro atoms. The lowest BCUT2D eigenvalue weighted by molar-refractivity contribution is -0.133.